The molecule has 0 aliphatic carbocycles. The molecule has 2 aromatic heterocycles. The zero-order valence-electron chi connectivity index (χ0n) is 12.5. The first kappa shape index (κ1) is 14.3. The fourth-order valence-electron chi connectivity index (χ4n) is 2.48. The van der Waals surface area contributed by atoms with Crippen molar-refractivity contribution in [2.24, 2.45) is 0 Å². The highest BCUT2D eigenvalue weighted by Gasteiger charge is 2.12. The van der Waals surface area contributed by atoms with Gasteiger partial charge in [-0.1, -0.05) is 25.5 Å². The highest BCUT2D eigenvalue weighted by Crippen LogP contribution is 2.14. The van der Waals surface area contributed by atoms with Crippen molar-refractivity contribution >= 4 is 16.7 Å². The Kier molecular flexibility index (Phi) is 3.87. The molecule has 0 unspecified atom stereocenters. The largest absolute Gasteiger partial charge is 0.384 e. The van der Waals surface area contributed by atoms with Gasteiger partial charge in [0.2, 0.25) is 0 Å². The van der Waals surface area contributed by atoms with E-state index in [0.717, 1.165) is 30.6 Å². The first-order valence-electron chi connectivity index (χ1n) is 7.43. The maximum atomic E-state index is 12.9. The number of benzene rings is 1. The number of aromatic nitrogens is 3. The Morgan fingerprint density at radius 2 is 2.00 bits per heavy atom. The molecule has 0 fully saturated rings. The number of fused-ring (bicyclic) bond motifs is 1. The fraction of sp³-hybridized carbons (Fsp3) is 0.235. The van der Waals surface area contributed by atoms with Gasteiger partial charge in [0.15, 0.2) is 0 Å². The van der Waals surface area contributed by atoms with Gasteiger partial charge in [0, 0.05) is 6.42 Å². The lowest BCUT2D eigenvalue weighted by molar-refractivity contribution is 0.720. The molecule has 22 heavy (non-hydrogen) atoms. The van der Waals surface area contributed by atoms with E-state index < -0.39 is 0 Å². The monoisotopic (exact) mass is 294 g/mol. The van der Waals surface area contributed by atoms with Gasteiger partial charge in [-0.15, -0.1) is 0 Å². The van der Waals surface area contributed by atoms with Crippen LogP contribution in [0.2, 0.25) is 0 Å². The van der Waals surface area contributed by atoms with Gasteiger partial charge in [-0.05, 0) is 30.7 Å². The number of nitrogen functional groups attached to an aromatic ring is 1. The molecule has 112 valence electrons. The average molecular weight is 294 g/mol. The first-order valence-corrected chi connectivity index (χ1v) is 7.43. The van der Waals surface area contributed by atoms with Crippen molar-refractivity contribution in [1.82, 2.24) is 14.5 Å². The number of aryl methyl sites for hydroxylation is 1. The van der Waals surface area contributed by atoms with Gasteiger partial charge in [-0.25, -0.2) is 9.97 Å². The van der Waals surface area contributed by atoms with Crippen molar-refractivity contribution in [3.63, 3.8) is 0 Å². The minimum absolute atomic E-state index is 0.0664. The van der Waals surface area contributed by atoms with E-state index in [1.54, 1.807) is 29.0 Å². The summed E-state index contributed by atoms with van der Waals surface area (Å²) in [5.74, 6) is 1.19. The topological polar surface area (TPSA) is 73.8 Å². The molecule has 2 N–H and O–H groups in total. The maximum Gasteiger partial charge on any atom is 0.266 e. The van der Waals surface area contributed by atoms with Crippen LogP contribution < -0.4 is 11.3 Å². The van der Waals surface area contributed by atoms with Gasteiger partial charge in [0.25, 0.3) is 5.56 Å². The fourth-order valence-corrected chi connectivity index (χ4v) is 2.48. The Hall–Kier alpha value is -2.69. The average Bonchev–Trinajstić information content (AvgIpc) is 2.54. The van der Waals surface area contributed by atoms with Gasteiger partial charge < -0.3 is 5.73 Å². The van der Waals surface area contributed by atoms with E-state index in [4.69, 9.17) is 5.73 Å². The molecule has 0 bridgehead atoms. The summed E-state index contributed by atoms with van der Waals surface area (Å²) in [5, 5.41) is 0.611. The van der Waals surface area contributed by atoms with E-state index in [1.807, 2.05) is 18.2 Å². The lowest BCUT2D eigenvalue weighted by Gasteiger charge is -2.13. The molecule has 0 saturated carbocycles. The zero-order valence-corrected chi connectivity index (χ0v) is 12.5. The molecule has 0 spiro atoms. The molecular formula is C17H18N4O. The van der Waals surface area contributed by atoms with Crippen LogP contribution in [0.4, 0.5) is 5.82 Å². The number of pyridine rings is 1. The Morgan fingerprint density at radius 3 is 2.73 bits per heavy atom. The third kappa shape index (κ3) is 2.57. The number of unbranched alkanes of at least 4 members (excludes halogenated alkanes) is 1. The molecule has 0 saturated heterocycles. The van der Waals surface area contributed by atoms with Crippen molar-refractivity contribution in [2.45, 2.75) is 26.2 Å². The third-order valence-corrected chi connectivity index (χ3v) is 3.63. The van der Waals surface area contributed by atoms with Crippen LogP contribution in [0.3, 0.4) is 0 Å². The summed E-state index contributed by atoms with van der Waals surface area (Å²) in [6.45, 7) is 2.12. The molecule has 0 atom stereocenters. The lowest BCUT2D eigenvalue weighted by Crippen LogP contribution is -2.24. The van der Waals surface area contributed by atoms with Crippen LogP contribution in [0, 0.1) is 0 Å². The molecular weight excluding hydrogens is 276 g/mol. The van der Waals surface area contributed by atoms with Gasteiger partial charge in [0.1, 0.15) is 11.6 Å². The number of rotatable bonds is 4. The van der Waals surface area contributed by atoms with E-state index in [2.05, 4.69) is 16.9 Å². The summed E-state index contributed by atoms with van der Waals surface area (Å²) in [5.41, 5.74) is 7.00. The van der Waals surface area contributed by atoms with Crippen LogP contribution in [0.15, 0.2) is 47.4 Å². The number of para-hydroxylation sites is 1. The molecule has 3 rings (SSSR count). The summed E-state index contributed by atoms with van der Waals surface area (Å²) in [6, 6.07) is 10.9. The summed E-state index contributed by atoms with van der Waals surface area (Å²) in [4.78, 5) is 21.6. The Morgan fingerprint density at radius 1 is 1.18 bits per heavy atom. The van der Waals surface area contributed by atoms with Crippen molar-refractivity contribution in [2.75, 3.05) is 5.73 Å². The smallest absolute Gasteiger partial charge is 0.266 e. The van der Waals surface area contributed by atoms with Crippen molar-refractivity contribution in [3.05, 3.63) is 58.8 Å². The highest BCUT2D eigenvalue weighted by atomic mass is 16.1. The second kappa shape index (κ2) is 5.97. The number of anilines is 1. The maximum absolute atomic E-state index is 12.9. The molecule has 0 amide bonds. The van der Waals surface area contributed by atoms with Crippen LogP contribution in [-0.2, 0) is 6.42 Å². The SMILES string of the molecule is CCCCc1nc2ccccc2c(=O)n1-c1ccc(N)nc1. The predicted octanol–water partition coefficient (Wildman–Crippen LogP) is 2.71. The van der Waals surface area contributed by atoms with Crippen molar-refractivity contribution in [1.29, 1.82) is 0 Å². The number of hydrogen-bond donors (Lipinski definition) is 1. The second-order valence-electron chi connectivity index (χ2n) is 5.23. The van der Waals surface area contributed by atoms with Crippen LogP contribution >= 0.6 is 0 Å². The van der Waals surface area contributed by atoms with E-state index in [-0.39, 0.29) is 5.56 Å². The van der Waals surface area contributed by atoms with E-state index >= 15 is 0 Å². The van der Waals surface area contributed by atoms with E-state index in [9.17, 15) is 4.79 Å². The predicted molar refractivity (Wildman–Crippen MR) is 88.2 cm³/mol. The van der Waals surface area contributed by atoms with Crippen molar-refractivity contribution in [3.8, 4) is 5.69 Å². The lowest BCUT2D eigenvalue weighted by atomic mass is 10.2. The second-order valence-corrected chi connectivity index (χ2v) is 5.23. The summed E-state index contributed by atoms with van der Waals surface area (Å²) < 4.78 is 1.64. The molecule has 0 aliphatic rings. The standard InChI is InChI=1S/C17H18N4O/c1-2-3-8-16-20-14-7-5-4-6-13(14)17(22)21(16)12-9-10-15(18)19-11-12/h4-7,9-11H,2-3,8H2,1H3,(H2,18,19). The van der Waals surface area contributed by atoms with Gasteiger partial charge in [-0.2, -0.15) is 0 Å². The molecule has 1 aromatic carbocycles. The van der Waals surface area contributed by atoms with Gasteiger partial charge >= 0.3 is 0 Å². The quantitative estimate of drug-likeness (QED) is 0.803. The van der Waals surface area contributed by atoms with Crippen LogP contribution in [0.25, 0.3) is 16.6 Å². The number of hydrogen-bond acceptors (Lipinski definition) is 4. The van der Waals surface area contributed by atoms with Crippen LogP contribution in [-0.4, -0.2) is 14.5 Å². The Bertz CT molecular complexity index is 853. The normalized spacial score (nSPS) is 11.0. The summed E-state index contributed by atoms with van der Waals surface area (Å²) in [6.07, 6.45) is 4.39. The van der Waals surface area contributed by atoms with Crippen LogP contribution in [0.1, 0.15) is 25.6 Å². The molecule has 5 nitrogen and oxygen atoms in total. The minimum Gasteiger partial charge on any atom is -0.384 e. The Labute approximate surface area is 128 Å². The molecule has 0 aliphatic heterocycles. The minimum atomic E-state index is -0.0664. The number of nitrogens with zero attached hydrogens (tertiary/aromatic N) is 3. The van der Waals surface area contributed by atoms with Crippen LogP contribution in [0.5, 0.6) is 0 Å². The molecule has 2 heterocycles. The van der Waals surface area contributed by atoms with Gasteiger partial charge in [-0.3, -0.25) is 9.36 Å². The van der Waals surface area contributed by atoms with Crippen molar-refractivity contribution < 1.29 is 0 Å². The molecule has 3 aromatic rings. The number of nitrogens with two attached hydrogens (primary N) is 1. The van der Waals surface area contributed by atoms with Gasteiger partial charge in [0.05, 0.1) is 22.8 Å². The molecule has 5 heteroatoms. The van der Waals surface area contributed by atoms with E-state index in [1.165, 1.54) is 0 Å². The molecule has 0 radical (unpaired) electrons. The third-order valence-electron chi connectivity index (χ3n) is 3.63. The Balaban J connectivity index is 2.27. The first-order chi connectivity index (χ1) is 10.7. The summed E-state index contributed by atoms with van der Waals surface area (Å²) in [7, 11) is 0. The summed E-state index contributed by atoms with van der Waals surface area (Å²) >= 11 is 0. The zero-order chi connectivity index (χ0) is 15.5. The van der Waals surface area contributed by atoms with E-state index in [0.29, 0.717) is 16.9 Å². The highest BCUT2D eigenvalue weighted by molar-refractivity contribution is 5.77.